The van der Waals surface area contributed by atoms with Gasteiger partial charge in [0.15, 0.2) is 17.5 Å². The largest absolute Gasteiger partial charge is 0.472 e. The van der Waals surface area contributed by atoms with Crippen molar-refractivity contribution in [2.75, 3.05) is 33.2 Å². The van der Waals surface area contributed by atoms with Crippen LogP contribution in [-0.4, -0.2) is 76.7 Å². The van der Waals surface area contributed by atoms with E-state index in [9.17, 15) is 14.4 Å². The van der Waals surface area contributed by atoms with Crippen molar-refractivity contribution in [3.8, 4) is 23.1 Å². The van der Waals surface area contributed by atoms with Gasteiger partial charge in [-0.25, -0.2) is 18.2 Å². The van der Waals surface area contributed by atoms with E-state index >= 15 is 8.78 Å². The highest BCUT2D eigenvalue weighted by atomic mass is 19.2. The number of halogens is 3. The van der Waals surface area contributed by atoms with Crippen LogP contribution in [0.15, 0.2) is 42.5 Å². The highest BCUT2D eigenvalue weighted by molar-refractivity contribution is 6.10. The molecule has 0 radical (unpaired) electrons. The van der Waals surface area contributed by atoms with Gasteiger partial charge < -0.3 is 19.5 Å². The highest BCUT2D eigenvalue weighted by Crippen LogP contribution is 2.45. The van der Waals surface area contributed by atoms with E-state index in [1.54, 1.807) is 18.2 Å². The lowest BCUT2D eigenvalue weighted by Gasteiger charge is -2.31. The maximum Gasteiger partial charge on any atom is 0.223 e. The Morgan fingerprint density at radius 2 is 1.87 bits per heavy atom. The van der Waals surface area contributed by atoms with Crippen LogP contribution in [0.4, 0.5) is 13.2 Å². The fraction of sp³-hybridized carbons (Fsp3) is 0.465. The maximum absolute atomic E-state index is 17.8. The van der Waals surface area contributed by atoms with E-state index in [4.69, 9.17) is 9.72 Å². The predicted octanol–water partition coefficient (Wildman–Crippen LogP) is 8.08. The third-order valence-electron chi connectivity index (χ3n) is 12.2. The number of nitriles is 1. The number of nitrogens with zero attached hydrogens (tertiary/aromatic N) is 5. The van der Waals surface area contributed by atoms with Gasteiger partial charge in [0, 0.05) is 66.6 Å². The number of aryl methyl sites for hydroxylation is 2. The van der Waals surface area contributed by atoms with Gasteiger partial charge >= 0.3 is 0 Å². The number of benzene rings is 3. The van der Waals surface area contributed by atoms with Gasteiger partial charge in [-0.15, -0.1) is 0 Å². The van der Waals surface area contributed by atoms with Crippen LogP contribution in [0.2, 0.25) is 0 Å². The second-order valence-corrected chi connectivity index (χ2v) is 15.6. The minimum absolute atomic E-state index is 0.0196. The number of carbonyl (C=O) groups excluding carboxylic acids is 1. The zero-order chi connectivity index (χ0) is 37.8. The van der Waals surface area contributed by atoms with Crippen LogP contribution < -0.4 is 10.1 Å². The molecular formula is C43H47F3N6O2. The molecule has 1 N–H and O–H groups in total. The first-order valence-corrected chi connectivity index (χ1v) is 19.4. The molecule has 54 heavy (non-hydrogen) atoms. The summed E-state index contributed by atoms with van der Waals surface area (Å²) in [6.45, 7) is 9.69. The smallest absolute Gasteiger partial charge is 0.223 e. The van der Waals surface area contributed by atoms with Gasteiger partial charge in [-0.05, 0) is 100 Å². The van der Waals surface area contributed by atoms with Gasteiger partial charge in [-0.3, -0.25) is 9.69 Å². The first-order chi connectivity index (χ1) is 26.1. The normalized spacial score (nSPS) is 22.3. The maximum atomic E-state index is 17.8. The average Bonchev–Trinajstić information content (AvgIpc) is 3.83. The summed E-state index contributed by atoms with van der Waals surface area (Å²) in [5, 5.41) is 15.0. The summed E-state index contributed by atoms with van der Waals surface area (Å²) in [5.41, 5.74) is 2.57. The van der Waals surface area contributed by atoms with E-state index < -0.39 is 17.5 Å². The monoisotopic (exact) mass is 736 g/mol. The minimum atomic E-state index is -1.06. The van der Waals surface area contributed by atoms with Crippen LogP contribution in [0.5, 0.6) is 5.88 Å². The van der Waals surface area contributed by atoms with Crippen molar-refractivity contribution < 1.29 is 22.7 Å². The molecular weight excluding hydrogens is 690 g/mol. The number of hydrogen-bond donors (Lipinski definition) is 1. The molecule has 11 heteroatoms. The van der Waals surface area contributed by atoms with E-state index in [1.807, 2.05) is 17.9 Å². The third-order valence-corrected chi connectivity index (χ3v) is 12.2. The molecule has 5 aromatic rings. The van der Waals surface area contributed by atoms with Crippen LogP contribution in [0.3, 0.4) is 0 Å². The van der Waals surface area contributed by atoms with Gasteiger partial charge in [0.2, 0.25) is 11.8 Å². The van der Waals surface area contributed by atoms with Gasteiger partial charge in [0.05, 0.1) is 23.0 Å². The molecule has 0 aliphatic carbocycles. The van der Waals surface area contributed by atoms with Crippen LogP contribution in [-0.2, 0) is 17.6 Å². The highest BCUT2D eigenvalue weighted by Gasteiger charge is 2.36. The van der Waals surface area contributed by atoms with E-state index in [0.29, 0.717) is 35.1 Å². The van der Waals surface area contributed by atoms with Crippen molar-refractivity contribution >= 4 is 38.5 Å². The number of likely N-dealkylation sites (N-methyl/N-ethyl adjacent to an activating group) is 1. The molecule has 3 aliphatic rings. The molecule has 0 saturated carbocycles. The summed E-state index contributed by atoms with van der Waals surface area (Å²) in [6.07, 6.45) is 3.89. The molecule has 1 amide bonds. The van der Waals surface area contributed by atoms with E-state index in [-0.39, 0.29) is 70.9 Å². The Bertz CT molecular complexity index is 2300. The number of carbonyl (C=O) groups is 1. The van der Waals surface area contributed by atoms with E-state index in [0.717, 1.165) is 68.1 Å². The Morgan fingerprint density at radius 3 is 2.56 bits per heavy atom. The Hall–Kier alpha value is -4.66. The molecule has 8 rings (SSSR count). The molecule has 5 heterocycles. The van der Waals surface area contributed by atoms with Crippen molar-refractivity contribution in [2.45, 2.75) is 89.9 Å². The van der Waals surface area contributed by atoms with Crippen LogP contribution in [0, 0.1) is 34.7 Å². The van der Waals surface area contributed by atoms with Crippen molar-refractivity contribution in [1.29, 1.82) is 5.26 Å². The molecule has 282 valence electrons. The summed E-state index contributed by atoms with van der Waals surface area (Å²) < 4.78 is 57.3. The van der Waals surface area contributed by atoms with Crippen LogP contribution >= 0.6 is 0 Å². The lowest BCUT2D eigenvalue weighted by atomic mass is 9.90. The molecule has 0 bridgehead atoms. The Labute approximate surface area is 313 Å². The van der Waals surface area contributed by atoms with Gasteiger partial charge in [0.1, 0.15) is 11.6 Å². The Morgan fingerprint density at radius 1 is 1.06 bits per heavy atom. The van der Waals surface area contributed by atoms with Gasteiger partial charge in [0.25, 0.3) is 0 Å². The average molecular weight is 737 g/mol. The van der Waals surface area contributed by atoms with Crippen LogP contribution in [0.1, 0.15) is 70.2 Å². The number of rotatable bonds is 10. The molecule has 0 spiro atoms. The number of pyridine rings is 1. The lowest BCUT2D eigenvalue weighted by molar-refractivity contribution is -0.134. The summed E-state index contributed by atoms with van der Waals surface area (Å²) >= 11 is 0. The summed E-state index contributed by atoms with van der Waals surface area (Å²) in [4.78, 5) is 22.4. The molecule has 5 atom stereocenters. The van der Waals surface area contributed by atoms with Gasteiger partial charge in [-0.1, -0.05) is 31.2 Å². The molecule has 8 nitrogen and oxygen atoms in total. The van der Waals surface area contributed by atoms with Crippen molar-refractivity contribution in [2.24, 2.45) is 5.92 Å². The molecule has 3 aromatic carbocycles. The summed E-state index contributed by atoms with van der Waals surface area (Å²) in [5.74, 6) is -2.12. The van der Waals surface area contributed by atoms with E-state index in [2.05, 4.69) is 47.8 Å². The second kappa shape index (κ2) is 14.5. The molecule has 0 unspecified atom stereocenters. The third kappa shape index (κ3) is 6.17. The second-order valence-electron chi connectivity index (χ2n) is 15.6. The topological polar surface area (TPSA) is 86.4 Å². The number of hydrogen-bond acceptors (Lipinski definition) is 6. The number of nitrogens with one attached hydrogen (secondary N) is 1. The fourth-order valence-corrected chi connectivity index (χ4v) is 9.31. The predicted molar refractivity (Wildman–Crippen MR) is 205 cm³/mol. The number of amides is 1. The molecule has 3 saturated heterocycles. The van der Waals surface area contributed by atoms with Crippen molar-refractivity contribution in [3.05, 3.63) is 71.2 Å². The molecule has 2 aromatic heterocycles. The van der Waals surface area contributed by atoms with E-state index in [1.165, 1.54) is 6.07 Å². The van der Waals surface area contributed by atoms with Crippen molar-refractivity contribution in [3.63, 3.8) is 0 Å². The number of likely N-dealkylation sites (tertiary alicyclic amines) is 2. The lowest BCUT2D eigenvalue weighted by Crippen LogP contribution is -2.42. The van der Waals surface area contributed by atoms with Crippen LogP contribution in [0.25, 0.3) is 43.7 Å². The summed E-state index contributed by atoms with van der Waals surface area (Å²) in [6, 6.07) is 13.9. The van der Waals surface area contributed by atoms with Crippen molar-refractivity contribution in [1.82, 2.24) is 24.7 Å². The standard InChI is InChI=1S/C43H47F3N6O2/c1-24-23-48-25(2)41(24)52-29(14-16-35(53)51-19-8-20-51)22-32-42(52)31-21-28(10-6-17-47)37(30-11-5-9-27-13-15-33(44)38(45)36(27)30)39(46)40(31)49-43(32)54-26(3)34-12-7-18-50(34)4/h5,9,11,13,15,21-22,24-26,34,41,48H,6-8,10,12,14,16,18-20,23H2,1-4H3/t24-,25-,26+,34+,41+/m1/s1. The zero-order valence-corrected chi connectivity index (χ0v) is 31.4. The zero-order valence-electron chi connectivity index (χ0n) is 31.4. The first-order valence-electron chi connectivity index (χ1n) is 19.4. The fourth-order valence-electron chi connectivity index (χ4n) is 9.31. The summed E-state index contributed by atoms with van der Waals surface area (Å²) in [7, 11) is 2.08. The SMILES string of the molecule is C[C@@H]1CN[C@H](C)[C@H]1n1c(CCC(=O)N2CCC2)cc2c(O[C@@H](C)[C@@H]3CCCN3C)nc3c(F)c(-c4cccc5ccc(F)c(F)c45)c(CCC#N)cc3c21. The molecule has 3 aliphatic heterocycles. The Kier molecular flexibility index (Phi) is 9.78. The first kappa shape index (κ1) is 36.3. The number of ether oxygens (including phenoxy) is 1. The molecule has 3 fully saturated rings. The number of fused-ring (bicyclic) bond motifs is 4. The van der Waals surface area contributed by atoms with Gasteiger partial charge in [-0.2, -0.15) is 5.26 Å². The quantitative estimate of drug-likeness (QED) is 0.156. The minimum Gasteiger partial charge on any atom is -0.472 e. The number of aromatic nitrogens is 2. The Balaban J connectivity index is 1.42.